The van der Waals surface area contributed by atoms with Crippen molar-refractivity contribution in [3.05, 3.63) is 99.6 Å². The highest BCUT2D eigenvalue weighted by atomic mass is 35.5. The molecule has 0 saturated carbocycles. The predicted octanol–water partition coefficient (Wildman–Crippen LogP) is 4.46. The van der Waals surface area contributed by atoms with Crippen molar-refractivity contribution in [2.24, 2.45) is 0 Å². The van der Waals surface area contributed by atoms with E-state index in [1.807, 2.05) is 43.3 Å². The third kappa shape index (κ3) is 5.18. The van der Waals surface area contributed by atoms with Gasteiger partial charge in [-0.25, -0.2) is 4.98 Å². The lowest BCUT2D eigenvalue weighted by atomic mass is 10.1. The maximum Gasteiger partial charge on any atom is 0.262 e. The summed E-state index contributed by atoms with van der Waals surface area (Å²) in [6.07, 6.45) is 3.41. The number of thioether (sulfide) groups is 1. The van der Waals surface area contributed by atoms with Gasteiger partial charge in [0.2, 0.25) is 5.91 Å². The predicted molar refractivity (Wildman–Crippen MR) is 128 cm³/mol. The number of hydrogen-bond acceptors (Lipinski definition) is 5. The molecule has 0 saturated heterocycles. The first-order valence-electron chi connectivity index (χ1n) is 10.1. The molecule has 6 nitrogen and oxygen atoms in total. The van der Waals surface area contributed by atoms with Gasteiger partial charge in [-0.2, -0.15) is 0 Å². The summed E-state index contributed by atoms with van der Waals surface area (Å²) in [5.41, 5.74) is 2.31. The Morgan fingerprint density at radius 3 is 2.66 bits per heavy atom. The Balaban J connectivity index is 1.54. The molecule has 2 heterocycles. The van der Waals surface area contributed by atoms with Crippen LogP contribution in [0.25, 0.3) is 10.9 Å². The van der Waals surface area contributed by atoms with Crippen molar-refractivity contribution in [1.82, 2.24) is 19.9 Å². The number of fused-ring (bicyclic) bond motifs is 1. The summed E-state index contributed by atoms with van der Waals surface area (Å²) in [5.74, 6) is -0.0109. The molecule has 1 amide bonds. The zero-order chi connectivity index (χ0) is 22.5. The van der Waals surface area contributed by atoms with Crippen LogP contribution in [0.15, 0.2) is 83.0 Å². The van der Waals surface area contributed by atoms with Crippen molar-refractivity contribution in [2.75, 3.05) is 5.75 Å². The van der Waals surface area contributed by atoms with E-state index in [4.69, 9.17) is 11.6 Å². The van der Waals surface area contributed by atoms with Gasteiger partial charge in [-0.05, 0) is 48.4 Å². The molecule has 1 atom stereocenters. The van der Waals surface area contributed by atoms with E-state index in [1.54, 1.807) is 41.2 Å². The van der Waals surface area contributed by atoms with Crippen LogP contribution in [0.4, 0.5) is 0 Å². The van der Waals surface area contributed by atoms with Gasteiger partial charge < -0.3 is 5.32 Å². The van der Waals surface area contributed by atoms with E-state index < -0.39 is 0 Å². The minimum absolute atomic E-state index is 0.135. The van der Waals surface area contributed by atoms with Crippen molar-refractivity contribution >= 4 is 40.2 Å². The first kappa shape index (κ1) is 22.0. The molecule has 0 bridgehead atoms. The highest BCUT2D eigenvalue weighted by Gasteiger charge is 2.15. The number of halogens is 1. The van der Waals surface area contributed by atoms with E-state index in [0.29, 0.717) is 27.6 Å². The van der Waals surface area contributed by atoms with Gasteiger partial charge in [-0.1, -0.05) is 53.7 Å². The summed E-state index contributed by atoms with van der Waals surface area (Å²) < 4.78 is 1.60. The van der Waals surface area contributed by atoms with E-state index in [2.05, 4.69) is 15.3 Å². The van der Waals surface area contributed by atoms with Crippen LogP contribution in [0.5, 0.6) is 0 Å². The zero-order valence-corrected chi connectivity index (χ0v) is 18.9. The molecule has 2 aromatic heterocycles. The van der Waals surface area contributed by atoms with Crippen molar-refractivity contribution in [3.63, 3.8) is 0 Å². The van der Waals surface area contributed by atoms with Crippen LogP contribution in [0.1, 0.15) is 24.1 Å². The lowest BCUT2D eigenvalue weighted by molar-refractivity contribution is -0.119. The third-order valence-corrected chi connectivity index (χ3v) is 6.20. The quantitative estimate of drug-likeness (QED) is 0.322. The summed E-state index contributed by atoms with van der Waals surface area (Å²) in [6, 6.07) is 18.2. The van der Waals surface area contributed by atoms with Gasteiger partial charge in [0.25, 0.3) is 5.56 Å². The number of amides is 1. The molecule has 2 aromatic carbocycles. The monoisotopic (exact) mass is 464 g/mol. The fourth-order valence-corrected chi connectivity index (χ4v) is 4.26. The average Bonchev–Trinajstić information content (AvgIpc) is 2.81. The van der Waals surface area contributed by atoms with Gasteiger partial charge in [0.15, 0.2) is 5.16 Å². The highest BCUT2D eigenvalue weighted by Crippen LogP contribution is 2.20. The second-order valence-corrected chi connectivity index (χ2v) is 8.67. The fourth-order valence-electron chi connectivity index (χ4n) is 3.32. The molecule has 0 radical (unpaired) electrons. The van der Waals surface area contributed by atoms with Crippen LogP contribution in [-0.4, -0.2) is 26.2 Å². The van der Waals surface area contributed by atoms with Gasteiger partial charge >= 0.3 is 0 Å². The molecule has 1 N–H and O–H groups in total. The fraction of sp³-hybridized carbons (Fsp3) is 0.167. The largest absolute Gasteiger partial charge is 0.349 e. The Kier molecular flexibility index (Phi) is 6.87. The standard InChI is InChI=1S/C24H21ClN4O2S/c1-16(18-8-10-19(25)11-9-18)27-22(30)15-32-24-28-21-7-3-2-6-20(21)23(31)29(24)14-17-5-4-12-26-13-17/h2-13,16H,14-15H2,1H3,(H,27,30). The molecule has 32 heavy (non-hydrogen) atoms. The van der Waals surface area contributed by atoms with Crippen LogP contribution in [0.3, 0.4) is 0 Å². The summed E-state index contributed by atoms with van der Waals surface area (Å²) >= 11 is 7.18. The molecule has 1 unspecified atom stereocenters. The zero-order valence-electron chi connectivity index (χ0n) is 17.4. The van der Waals surface area contributed by atoms with Gasteiger partial charge in [0.1, 0.15) is 0 Å². The Bertz CT molecular complexity index is 1290. The van der Waals surface area contributed by atoms with Crippen molar-refractivity contribution in [3.8, 4) is 0 Å². The van der Waals surface area contributed by atoms with E-state index >= 15 is 0 Å². The number of hydrogen-bond donors (Lipinski definition) is 1. The second-order valence-electron chi connectivity index (χ2n) is 7.29. The van der Waals surface area contributed by atoms with E-state index in [0.717, 1.165) is 11.1 Å². The summed E-state index contributed by atoms with van der Waals surface area (Å²) in [5, 5.41) is 4.66. The first-order chi connectivity index (χ1) is 15.5. The highest BCUT2D eigenvalue weighted by molar-refractivity contribution is 7.99. The minimum atomic E-state index is -0.164. The van der Waals surface area contributed by atoms with E-state index in [1.165, 1.54) is 11.8 Å². The number of carbonyl (C=O) groups excluding carboxylic acids is 1. The third-order valence-electron chi connectivity index (χ3n) is 4.97. The van der Waals surface area contributed by atoms with Gasteiger partial charge in [-0.15, -0.1) is 0 Å². The Labute approximate surface area is 194 Å². The molecule has 4 rings (SSSR count). The molecule has 0 aliphatic carbocycles. The molecule has 0 spiro atoms. The first-order valence-corrected chi connectivity index (χ1v) is 11.4. The lowest BCUT2D eigenvalue weighted by Gasteiger charge is -2.16. The minimum Gasteiger partial charge on any atom is -0.349 e. The molecule has 4 aromatic rings. The molecule has 0 aliphatic rings. The Hall–Kier alpha value is -3.16. The Morgan fingerprint density at radius 1 is 1.12 bits per heavy atom. The number of para-hydroxylation sites is 1. The lowest BCUT2D eigenvalue weighted by Crippen LogP contribution is -2.29. The topological polar surface area (TPSA) is 76.9 Å². The van der Waals surface area contributed by atoms with Crippen molar-refractivity contribution in [2.45, 2.75) is 24.7 Å². The number of nitrogens with zero attached hydrogens (tertiary/aromatic N) is 3. The number of benzene rings is 2. The SMILES string of the molecule is CC(NC(=O)CSc1nc2ccccc2c(=O)n1Cc1cccnc1)c1ccc(Cl)cc1. The molecule has 0 fully saturated rings. The Morgan fingerprint density at radius 2 is 1.91 bits per heavy atom. The normalized spacial score (nSPS) is 11.9. The molecule has 0 aliphatic heterocycles. The number of carbonyl (C=O) groups is 1. The maximum absolute atomic E-state index is 13.2. The number of pyridine rings is 1. The number of aromatic nitrogens is 3. The van der Waals surface area contributed by atoms with Crippen molar-refractivity contribution < 1.29 is 4.79 Å². The molecule has 8 heteroatoms. The van der Waals surface area contributed by atoms with Crippen LogP contribution in [-0.2, 0) is 11.3 Å². The van der Waals surface area contributed by atoms with Gasteiger partial charge in [0.05, 0.1) is 29.2 Å². The number of rotatable bonds is 7. The summed E-state index contributed by atoms with van der Waals surface area (Å²) in [6.45, 7) is 2.24. The number of nitrogens with one attached hydrogen (secondary N) is 1. The summed E-state index contributed by atoms with van der Waals surface area (Å²) in [7, 11) is 0. The van der Waals surface area contributed by atoms with Crippen molar-refractivity contribution in [1.29, 1.82) is 0 Å². The van der Waals surface area contributed by atoms with Gasteiger partial charge in [-0.3, -0.25) is 19.1 Å². The molecule has 162 valence electrons. The smallest absolute Gasteiger partial charge is 0.262 e. The summed E-state index contributed by atoms with van der Waals surface area (Å²) in [4.78, 5) is 34.6. The molecular formula is C24H21ClN4O2S. The van der Waals surface area contributed by atoms with Crippen LogP contribution in [0, 0.1) is 0 Å². The maximum atomic E-state index is 13.2. The van der Waals surface area contributed by atoms with Gasteiger partial charge in [0, 0.05) is 17.4 Å². The van der Waals surface area contributed by atoms with E-state index in [-0.39, 0.29) is 23.3 Å². The average molecular weight is 465 g/mol. The van der Waals surface area contributed by atoms with Crippen LogP contribution < -0.4 is 10.9 Å². The van der Waals surface area contributed by atoms with E-state index in [9.17, 15) is 9.59 Å². The van der Waals surface area contributed by atoms with Crippen LogP contribution >= 0.6 is 23.4 Å². The second kappa shape index (κ2) is 9.97. The van der Waals surface area contributed by atoms with Crippen LogP contribution in [0.2, 0.25) is 5.02 Å². The molecular weight excluding hydrogens is 444 g/mol.